The van der Waals surface area contributed by atoms with Gasteiger partial charge in [-0.25, -0.2) is 0 Å². The van der Waals surface area contributed by atoms with E-state index in [1.807, 2.05) is 6.92 Å². The molecule has 0 fully saturated rings. The molecule has 2 heterocycles. The number of aromatic nitrogens is 4. The van der Waals surface area contributed by atoms with Crippen molar-refractivity contribution in [2.45, 2.75) is 13.1 Å². The molecule has 2 aromatic heterocycles. The second-order valence-corrected chi connectivity index (χ2v) is 3.99. The lowest BCUT2D eigenvalue weighted by Gasteiger charge is -1.98. The maximum atomic E-state index is 12.4. The van der Waals surface area contributed by atoms with Crippen LogP contribution < -0.4 is 0 Å². The van der Waals surface area contributed by atoms with E-state index in [4.69, 9.17) is 0 Å². The van der Waals surface area contributed by atoms with E-state index in [1.54, 1.807) is 18.2 Å². The van der Waals surface area contributed by atoms with Crippen LogP contribution in [0.4, 0.5) is 13.2 Å². The van der Waals surface area contributed by atoms with Crippen LogP contribution in [-0.4, -0.2) is 20.4 Å². The highest BCUT2D eigenvalue weighted by atomic mass is 19.4. The molecule has 0 atom stereocenters. The summed E-state index contributed by atoms with van der Waals surface area (Å²) in [4.78, 5) is 0. The van der Waals surface area contributed by atoms with Crippen LogP contribution in [0, 0.1) is 6.92 Å². The summed E-state index contributed by atoms with van der Waals surface area (Å²) in [6.07, 6.45) is -4.64. The summed E-state index contributed by atoms with van der Waals surface area (Å²) in [6, 6.07) is 4.91. The first kappa shape index (κ1) is 11.7. The van der Waals surface area contributed by atoms with Gasteiger partial charge in [-0.3, -0.25) is 5.10 Å². The van der Waals surface area contributed by atoms with E-state index in [2.05, 4.69) is 24.8 Å². The maximum Gasteiger partial charge on any atom is 0.470 e. The minimum atomic E-state index is -4.64. The first-order chi connectivity index (χ1) is 8.95. The molecule has 1 N–H and O–H groups in total. The van der Waals surface area contributed by atoms with Crippen molar-refractivity contribution in [3.63, 3.8) is 0 Å². The monoisotopic (exact) mass is 268 g/mol. The van der Waals surface area contributed by atoms with E-state index >= 15 is 0 Å². The highest BCUT2D eigenvalue weighted by molar-refractivity contribution is 5.85. The second kappa shape index (κ2) is 3.81. The van der Waals surface area contributed by atoms with Gasteiger partial charge in [0.2, 0.25) is 5.89 Å². The highest BCUT2D eigenvalue weighted by Gasteiger charge is 2.38. The van der Waals surface area contributed by atoms with Gasteiger partial charge in [0.25, 0.3) is 0 Å². The van der Waals surface area contributed by atoms with Gasteiger partial charge in [0.1, 0.15) is 0 Å². The van der Waals surface area contributed by atoms with Crippen molar-refractivity contribution in [1.29, 1.82) is 0 Å². The van der Waals surface area contributed by atoms with Gasteiger partial charge in [-0.2, -0.15) is 18.3 Å². The van der Waals surface area contributed by atoms with Gasteiger partial charge in [0.15, 0.2) is 0 Å². The van der Waals surface area contributed by atoms with Crippen LogP contribution in [0.25, 0.3) is 22.4 Å². The van der Waals surface area contributed by atoms with Gasteiger partial charge >= 0.3 is 12.1 Å². The van der Waals surface area contributed by atoms with Crippen LogP contribution >= 0.6 is 0 Å². The molecule has 0 aliphatic heterocycles. The summed E-state index contributed by atoms with van der Waals surface area (Å²) < 4.78 is 41.7. The lowest BCUT2D eigenvalue weighted by atomic mass is 10.1. The fraction of sp³-hybridized carbons (Fsp3) is 0.182. The Hall–Kier alpha value is -2.38. The number of nitrogens with one attached hydrogen (secondary N) is 1. The third-order valence-electron chi connectivity index (χ3n) is 2.66. The molecule has 0 saturated carbocycles. The molecule has 8 heteroatoms. The smallest absolute Gasteiger partial charge is 0.413 e. The first-order valence-electron chi connectivity index (χ1n) is 5.31. The number of alkyl halides is 3. The molecule has 5 nitrogen and oxygen atoms in total. The summed E-state index contributed by atoms with van der Waals surface area (Å²) in [5.41, 5.74) is 1.95. The third kappa shape index (κ3) is 1.94. The number of hydrogen-bond acceptors (Lipinski definition) is 4. The molecular formula is C11H7F3N4O. The van der Waals surface area contributed by atoms with Crippen LogP contribution in [0.3, 0.4) is 0 Å². The Labute approximate surface area is 104 Å². The van der Waals surface area contributed by atoms with Gasteiger partial charge in [0, 0.05) is 16.6 Å². The van der Waals surface area contributed by atoms with E-state index < -0.39 is 12.1 Å². The molecule has 3 aromatic rings. The predicted molar refractivity (Wildman–Crippen MR) is 59.1 cm³/mol. The zero-order valence-corrected chi connectivity index (χ0v) is 9.62. The van der Waals surface area contributed by atoms with Gasteiger partial charge in [-0.1, -0.05) is 0 Å². The number of aromatic amines is 1. The van der Waals surface area contributed by atoms with Gasteiger partial charge < -0.3 is 4.42 Å². The number of rotatable bonds is 1. The van der Waals surface area contributed by atoms with Crippen LogP contribution in [0.2, 0.25) is 0 Å². The standard InChI is InChI=1S/C11H7F3N4O/c1-5-7-4-6(2-3-8(7)16-15-5)9-17-18-10(19-9)11(12,13)14/h2-4H,1H3,(H,15,16). The van der Waals surface area contributed by atoms with Crippen molar-refractivity contribution in [3.05, 3.63) is 29.8 Å². The van der Waals surface area contributed by atoms with E-state index in [9.17, 15) is 13.2 Å². The van der Waals surface area contributed by atoms with Gasteiger partial charge in [-0.05, 0) is 25.1 Å². The number of aryl methyl sites for hydroxylation is 1. The topological polar surface area (TPSA) is 67.6 Å². The zero-order valence-electron chi connectivity index (χ0n) is 9.62. The average Bonchev–Trinajstić information content (AvgIpc) is 2.96. The van der Waals surface area contributed by atoms with Gasteiger partial charge in [0.05, 0.1) is 5.52 Å². The molecule has 0 saturated heterocycles. The lowest BCUT2D eigenvalue weighted by molar-refractivity contribution is -0.156. The maximum absolute atomic E-state index is 12.4. The molecule has 0 bridgehead atoms. The Kier molecular flexibility index (Phi) is 2.34. The third-order valence-corrected chi connectivity index (χ3v) is 2.66. The van der Waals surface area contributed by atoms with Crippen LogP contribution in [0.1, 0.15) is 11.6 Å². The van der Waals surface area contributed by atoms with E-state index in [0.29, 0.717) is 5.56 Å². The predicted octanol–water partition coefficient (Wildman–Crippen LogP) is 2.94. The van der Waals surface area contributed by atoms with Crippen LogP contribution in [-0.2, 0) is 6.18 Å². The Morgan fingerprint density at radius 1 is 1.21 bits per heavy atom. The molecule has 3 rings (SSSR count). The number of benzene rings is 1. The zero-order chi connectivity index (χ0) is 13.6. The van der Waals surface area contributed by atoms with Gasteiger partial charge in [-0.15, -0.1) is 10.2 Å². The van der Waals surface area contributed by atoms with Crippen molar-refractivity contribution < 1.29 is 17.6 Å². The Morgan fingerprint density at radius 3 is 2.68 bits per heavy atom. The quantitative estimate of drug-likeness (QED) is 0.736. The number of fused-ring (bicyclic) bond motifs is 1. The molecule has 0 amide bonds. The minimum Gasteiger partial charge on any atom is -0.413 e. The summed E-state index contributed by atoms with van der Waals surface area (Å²) in [5.74, 6) is -1.53. The molecule has 0 aliphatic rings. The number of H-pyrrole nitrogens is 1. The first-order valence-corrected chi connectivity index (χ1v) is 5.31. The summed E-state index contributed by atoms with van der Waals surface area (Å²) in [7, 11) is 0. The second-order valence-electron chi connectivity index (χ2n) is 3.99. The van der Waals surface area contributed by atoms with E-state index in [-0.39, 0.29) is 5.89 Å². The van der Waals surface area contributed by atoms with Crippen molar-refractivity contribution in [2.75, 3.05) is 0 Å². The Bertz CT molecular complexity index is 744. The van der Waals surface area contributed by atoms with Crippen molar-refractivity contribution in [2.24, 2.45) is 0 Å². The Morgan fingerprint density at radius 2 is 2.00 bits per heavy atom. The molecular weight excluding hydrogens is 261 g/mol. The minimum absolute atomic E-state index is 0.171. The fourth-order valence-electron chi connectivity index (χ4n) is 1.73. The normalized spacial score (nSPS) is 12.2. The van der Waals surface area contributed by atoms with Crippen molar-refractivity contribution in [3.8, 4) is 11.5 Å². The molecule has 19 heavy (non-hydrogen) atoms. The fourth-order valence-corrected chi connectivity index (χ4v) is 1.73. The van der Waals surface area contributed by atoms with Crippen LogP contribution in [0.15, 0.2) is 22.6 Å². The van der Waals surface area contributed by atoms with E-state index in [1.165, 1.54) is 0 Å². The molecule has 0 spiro atoms. The number of halogens is 3. The lowest BCUT2D eigenvalue weighted by Crippen LogP contribution is -2.04. The molecule has 1 aromatic carbocycles. The Balaban J connectivity index is 2.08. The molecule has 0 unspecified atom stereocenters. The summed E-state index contributed by atoms with van der Waals surface area (Å²) in [5, 5.41) is 14.0. The van der Waals surface area contributed by atoms with Crippen molar-refractivity contribution in [1.82, 2.24) is 20.4 Å². The van der Waals surface area contributed by atoms with E-state index in [0.717, 1.165) is 16.6 Å². The molecule has 0 aliphatic carbocycles. The largest absolute Gasteiger partial charge is 0.470 e. The summed E-state index contributed by atoms with van der Waals surface area (Å²) >= 11 is 0. The number of nitrogens with zero attached hydrogens (tertiary/aromatic N) is 3. The molecule has 0 radical (unpaired) electrons. The van der Waals surface area contributed by atoms with Crippen molar-refractivity contribution >= 4 is 10.9 Å². The number of hydrogen-bond donors (Lipinski definition) is 1. The average molecular weight is 268 g/mol. The van der Waals surface area contributed by atoms with Crippen LogP contribution in [0.5, 0.6) is 0 Å². The summed E-state index contributed by atoms with van der Waals surface area (Å²) in [6.45, 7) is 1.81. The SMILES string of the molecule is Cc1[nH]nc2ccc(-c3nnc(C(F)(F)F)o3)cc12. The highest BCUT2D eigenvalue weighted by Crippen LogP contribution is 2.31. The molecule has 98 valence electrons.